The van der Waals surface area contributed by atoms with E-state index in [1.54, 1.807) is 24.4 Å². The van der Waals surface area contributed by atoms with Crippen molar-refractivity contribution in [2.45, 2.75) is 11.3 Å². The highest BCUT2D eigenvalue weighted by atomic mass is 35.5. The number of hydrogen-bond acceptors (Lipinski definition) is 6. The zero-order valence-electron chi connectivity index (χ0n) is 12.7. The van der Waals surface area contributed by atoms with Crippen LogP contribution in [-0.4, -0.2) is 30.1 Å². The van der Waals surface area contributed by atoms with Crippen LogP contribution in [0.2, 0.25) is 10.0 Å². The molecule has 0 radical (unpaired) electrons. The number of aromatic nitrogens is 3. The Labute approximate surface area is 154 Å². The van der Waals surface area contributed by atoms with Gasteiger partial charge in [0.15, 0.2) is 0 Å². The van der Waals surface area contributed by atoms with E-state index in [2.05, 4.69) is 19.9 Å². The second-order valence-electron chi connectivity index (χ2n) is 4.94. The van der Waals surface area contributed by atoms with Crippen molar-refractivity contribution in [2.75, 3.05) is 6.54 Å². The van der Waals surface area contributed by atoms with E-state index < -0.39 is 10.0 Å². The SMILES string of the molecule is O=S(=O)(NCCc1nnc(-c2ccccn2)o1)c1ccc(Cl)c(Cl)c1. The standard InChI is InChI=1S/C15H12Cl2N4O3S/c16-11-5-4-10(9-12(11)17)25(22,23)19-8-6-14-20-21-15(24-14)13-3-1-2-7-18-13/h1-5,7,9,19H,6,8H2. The molecule has 0 saturated carbocycles. The molecule has 0 fully saturated rings. The molecule has 0 aliphatic heterocycles. The Bertz CT molecular complexity index is 977. The van der Waals surface area contributed by atoms with E-state index in [-0.39, 0.29) is 33.8 Å². The molecule has 2 heterocycles. The first-order chi connectivity index (χ1) is 12.0. The van der Waals surface area contributed by atoms with Crippen LogP contribution in [0.4, 0.5) is 0 Å². The lowest BCUT2D eigenvalue weighted by Gasteiger charge is -2.06. The maximum atomic E-state index is 12.2. The normalized spacial score (nSPS) is 11.6. The van der Waals surface area contributed by atoms with Gasteiger partial charge in [-0.15, -0.1) is 10.2 Å². The molecule has 0 aliphatic rings. The maximum Gasteiger partial charge on any atom is 0.266 e. The summed E-state index contributed by atoms with van der Waals surface area (Å²) in [4.78, 5) is 4.14. The Hall–Kier alpha value is -2.00. The molecule has 25 heavy (non-hydrogen) atoms. The molecule has 0 unspecified atom stereocenters. The summed E-state index contributed by atoms with van der Waals surface area (Å²) in [6.07, 6.45) is 1.85. The van der Waals surface area contributed by atoms with Gasteiger partial charge in [0, 0.05) is 19.2 Å². The van der Waals surface area contributed by atoms with Gasteiger partial charge in [-0.2, -0.15) is 0 Å². The minimum atomic E-state index is -3.71. The fourth-order valence-electron chi connectivity index (χ4n) is 1.97. The summed E-state index contributed by atoms with van der Waals surface area (Å²) in [5.41, 5.74) is 0.553. The van der Waals surface area contributed by atoms with E-state index in [4.69, 9.17) is 27.6 Å². The fourth-order valence-corrected chi connectivity index (χ4v) is 3.39. The van der Waals surface area contributed by atoms with Gasteiger partial charge < -0.3 is 4.42 Å². The molecule has 0 atom stereocenters. The highest BCUT2D eigenvalue weighted by Crippen LogP contribution is 2.24. The van der Waals surface area contributed by atoms with Gasteiger partial charge in [-0.25, -0.2) is 13.1 Å². The van der Waals surface area contributed by atoms with E-state index in [0.717, 1.165) is 0 Å². The third-order valence-electron chi connectivity index (χ3n) is 3.18. The van der Waals surface area contributed by atoms with Crippen LogP contribution in [0.15, 0.2) is 51.9 Å². The lowest BCUT2D eigenvalue weighted by Crippen LogP contribution is -2.26. The fraction of sp³-hybridized carbons (Fsp3) is 0.133. The number of sulfonamides is 1. The predicted molar refractivity (Wildman–Crippen MR) is 92.9 cm³/mol. The molecular formula is C15H12Cl2N4O3S. The minimum Gasteiger partial charge on any atom is -0.419 e. The van der Waals surface area contributed by atoms with Crippen LogP contribution in [0.3, 0.4) is 0 Å². The van der Waals surface area contributed by atoms with Crippen LogP contribution in [0.25, 0.3) is 11.6 Å². The largest absolute Gasteiger partial charge is 0.419 e. The number of halogens is 2. The first kappa shape index (κ1) is 17.8. The first-order valence-corrected chi connectivity index (χ1v) is 9.38. The molecule has 0 spiro atoms. The predicted octanol–water partition coefficient (Wildman–Crippen LogP) is 2.96. The van der Waals surface area contributed by atoms with Gasteiger partial charge in [0.05, 0.1) is 14.9 Å². The summed E-state index contributed by atoms with van der Waals surface area (Å²) in [7, 11) is -3.71. The quantitative estimate of drug-likeness (QED) is 0.685. The minimum absolute atomic E-state index is 0.0293. The average molecular weight is 399 g/mol. The zero-order chi connectivity index (χ0) is 17.9. The summed E-state index contributed by atoms with van der Waals surface area (Å²) in [6, 6.07) is 9.41. The van der Waals surface area contributed by atoms with Gasteiger partial charge in [-0.3, -0.25) is 4.98 Å². The van der Waals surface area contributed by atoms with Gasteiger partial charge >= 0.3 is 0 Å². The van der Waals surface area contributed by atoms with E-state index in [1.165, 1.54) is 18.2 Å². The van der Waals surface area contributed by atoms with Crippen molar-refractivity contribution in [3.05, 3.63) is 58.5 Å². The van der Waals surface area contributed by atoms with Crippen molar-refractivity contribution in [2.24, 2.45) is 0 Å². The number of hydrogen-bond donors (Lipinski definition) is 1. The van der Waals surface area contributed by atoms with Gasteiger partial charge in [0.1, 0.15) is 5.69 Å². The van der Waals surface area contributed by atoms with E-state index in [0.29, 0.717) is 11.6 Å². The van der Waals surface area contributed by atoms with Crippen LogP contribution in [0.1, 0.15) is 5.89 Å². The topological polar surface area (TPSA) is 98.0 Å². The molecule has 1 aromatic carbocycles. The molecular weight excluding hydrogens is 387 g/mol. The van der Waals surface area contributed by atoms with Gasteiger partial charge in [-0.1, -0.05) is 29.3 Å². The summed E-state index contributed by atoms with van der Waals surface area (Å²) >= 11 is 11.6. The number of rotatable bonds is 6. The highest BCUT2D eigenvalue weighted by Gasteiger charge is 2.16. The van der Waals surface area contributed by atoms with E-state index >= 15 is 0 Å². The van der Waals surface area contributed by atoms with E-state index in [9.17, 15) is 8.42 Å². The Morgan fingerprint density at radius 3 is 2.64 bits per heavy atom. The highest BCUT2D eigenvalue weighted by molar-refractivity contribution is 7.89. The first-order valence-electron chi connectivity index (χ1n) is 7.14. The van der Waals surface area contributed by atoms with Crippen LogP contribution in [0.5, 0.6) is 0 Å². The molecule has 1 N–H and O–H groups in total. The van der Waals surface area contributed by atoms with Crippen LogP contribution >= 0.6 is 23.2 Å². The molecule has 0 aliphatic carbocycles. The summed E-state index contributed by atoms with van der Waals surface area (Å²) < 4.78 is 32.4. The Kier molecular flexibility index (Phi) is 5.33. The molecule has 2 aromatic heterocycles. The van der Waals surface area contributed by atoms with Gasteiger partial charge in [0.25, 0.3) is 5.89 Å². The lowest BCUT2D eigenvalue weighted by molar-refractivity contribution is 0.500. The molecule has 3 rings (SSSR count). The molecule has 10 heteroatoms. The van der Waals surface area contributed by atoms with Crippen molar-refractivity contribution >= 4 is 33.2 Å². The molecule has 0 bridgehead atoms. The summed E-state index contributed by atoms with van der Waals surface area (Å²) in [5.74, 6) is 0.584. The number of benzene rings is 1. The third kappa shape index (κ3) is 4.35. The van der Waals surface area contributed by atoms with Crippen molar-refractivity contribution in [3.8, 4) is 11.6 Å². The van der Waals surface area contributed by atoms with Crippen molar-refractivity contribution in [1.82, 2.24) is 19.9 Å². The van der Waals surface area contributed by atoms with Gasteiger partial charge in [-0.05, 0) is 30.3 Å². The molecule has 3 aromatic rings. The van der Waals surface area contributed by atoms with Crippen LogP contribution in [0, 0.1) is 0 Å². The number of nitrogens with one attached hydrogen (secondary N) is 1. The molecule has 130 valence electrons. The second-order valence-corrected chi connectivity index (χ2v) is 7.52. The Balaban J connectivity index is 1.63. The maximum absolute atomic E-state index is 12.2. The van der Waals surface area contributed by atoms with Crippen molar-refractivity contribution < 1.29 is 12.8 Å². The second kappa shape index (κ2) is 7.49. The monoisotopic (exact) mass is 398 g/mol. The van der Waals surface area contributed by atoms with Crippen molar-refractivity contribution in [3.63, 3.8) is 0 Å². The molecule has 7 nitrogen and oxygen atoms in total. The van der Waals surface area contributed by atoms with E-state index in [1.807, 2.05) is 0 Å². The third-order valence-corrected chi connectivity index (χ3v) is 5.38. The summed E-state index contributed by atoms with van der Waals surface area (Å²) in [5, 5.41) is 8.23. The van der Waals surface area contributed by atoms with Gasteiger partial charge in [0.2, 0.25) is 15.9 Å². The van der Waals surface area contributed by atoms with Crippen LogP contribution in [-0.2, 0) is 16.4 Å². The zero-order valence-corrected chi connectivity index (χ0v) is 15.0. The number of pyridine rings is 1. The molecule has 0 amide bonds. The number of nitrogens with zero attached hydrogens (tertiary/aromatic N) is 3. The smallest absolute Gasteiger partial charge is 0.266 e. The Morgan fingerprint density at radius 1 is 1.08 bits per heavy atom. The lowest BCUT2D eigenvalue weighted by atomic mass is 10.3. The van der Waals surface area contributed by atoms with Crippen molar-refractivity contribution in [1.29, 1.82) is 0 Å². The Morgan fingerprint density at radius 2 is 1.92 bits per heavy atom. The molecule has 0 saturated heterocycles. The average Bonchev–Trinajstić information content (AvgIpc) is 3.07. The van der Waals surface area contributed by atoms with Crippen LogP contribution < -0.4 is 4.72 Å². The summed E-state index contributed by atoms with van der Waals surface area (Å²) in [6.45, 7) is 0.0897.